The van der Waals surface area contributed by atoms with E-state index in [0.717, 1.165) is 36.4 Å². The van der Waals surface area contributed by atoms with Gasteiger partial charge in [0.05, 0.1) is 18.5 Å². The van der Waals surface area contributed by atoms with Crippen LogP contribution in [0.1, 0.15) is 50.0 Å². The lowest BCUT2D eigenvalue weighted by atomic mass is 10.0. The standard InChI is InChI=1S/C21H24FN3O2/c1-15-5-2-3-11-24(15)14-21(26)25-19(20-6-4-12-27-20)13-18(23-25)16-7-9-17(22)10-8-16/h4,6-10,12,15,19H,2-3,5,11,13-14H2,1H3. The molecule has 2 atom stereocenters. The molecule has 6 heteroatoms. The maximum Gasteiger partial charge on any atom is 0.257 e. The van der Waals surface area contributed by atoms with Gasteiger partial charge in [-0.05, 0) is 56.1 Å². The average molecular weight is 369 g/mol. The molecule has 0 radical (unpaired) electrons. The van der Waals surface area contributed by atoms with Crippen LogP contribution < -0.4 is 0 Å². The second kappa shape index (κ2) is 7.64. The zero-order valence-corrected chi connectivity index (χ0v) is 15.5. The van der Waals surface area contributed by atoms with Crippen molar-refractivity contribution >= 4 is 11.6 Å². The van der Waals surface area contributed by atoms with E-state index in [1.807, 2.05) is 12.1 Å². The van der Waals surface area contributed by atoms with Gasteiger partial charge in [-0.25, -0.2) is 9.40 Å². The number of amides is 1. The lowest BCUT2D eigenvalue weighted by Crippen LogP contribution is -2.44. The zero-order chi connectivity index (χ0) is 18.8. The zero-order valence-electron chi connectivity index (χ0n) is 15.5. The van der Waals surface area contributed by atoms with Crippen molar-refractivity contribution in [1.82, 2.24) is 9.91 Å². The highest BCUT2D eigenvalue weighted by atomic mass is 19.1. The molecule has 1 aromatic heterocycles. The number of carbonyl (C=O) groups excluding carboxylic acids is 1. The Morgan fingerprint density at radius 2 is 2.07 bits per heavy atom. The Hall–Kier alpha value is -2.47. The molecule has 0 bridgehead atoms. The number of benzene rings is 1. The number of halogens is 1. The van der Waals surface area contributed by atoms with E-state index in [0.29, 0.717) is 19.0 Å². The lowest BCUT2D eigenvalue weighted by Gasteiger charge is -2.33. The first-order valence-corrected chi connectivity index (χ1v) is 9.55. The average Bonchev–Trinajstić information content (AvgIpc) is 3.33. The minimum atomic E-state index is -0.285. The number of rotatable bonds is 4. The maximum atomic E-state index is 13.3. The normalized spacial score (nSPS) is 23.5. The van der Waals surface area contributed by atoms with Gasteiger partial charge in [-0.2, -0.15) is 5.10 Å². The van der Waals surface area contributed by atoms with Gasteiger partial charge in [-0.1, -0.05) is 18.6 Å². The predicted octanol–water partition coefficient (Wildman–Crippen LogP) is 3.97. The fraction of sp³-hybridized carbons (Fsp3) is 0.429. The molecular formula is C21H24FN3O2. The van der Waals surface area contributed by atoms with Crippen molar-refractivity contribution in [3.05, 3.63) is 59.8 Å². The molecule has 2 aliphatic rings. The van der Waals surface area contributed by atoms with Gasteiger partial charge in [0.25, 0.3) is 5.91 Å². The summed E-state index contributed by atoms with van der Waals surface area (Å²) in [6, 6.07) is 10.1. The third-order valence-electron chi connectivity index (χ3n) is 5.49. The van der Waals surface area contributed by atoms with Crippen molar-refractivity contribution in [3.63, 3.8) is 0 Å². The van der Waals surface area contributed by atoms with Crippen molar-refractivity contribution in [2.75, 3.05) is 13.1 Å². The minimum Gasteiger partial charge on any atom is -0.467 e. The third-order valence-corrected chi connectivity index (χ3v) is 5.49. The molecule has 1 fully saturated rings. The van der Waals surface area contributed by atoms with Crippen LogP contribution in [0.5, 0.6) is 0 Å². The van der Waals surface area contributed by atoms with Gasteiger partial charge in [0.1, 0.15) is 17.6 Å². The van der Waals surface area contributed by atoms with Gasteiger partial charge in [0.15, 0.2) is 0 Å². The van der Waals surface area contributed by atoms with Crippen LogP contribution >= 0.6 is 0 Å². The van der Waals surface area contributed by atoms with Gasteiger partial charge >= 0.3 is 0 Å². The van der Waals surface area contributed by atoms with Crippen LogP contribution in [0.4, 0.5) is 4.39 Å². The lowest BCUT2D eigenvalue weighted by molar-refractivity contribution is -0.135. The van der Waals surface area contributed by atoms with Gasteiger partial charge < -0.3 is 4.42 Å². The van der Waals surface area contributed by atoms with Crippen LogP contribution in [-0.4, -0.2) is 40.7 Å². The second-order valence-corrected chi connectivity index (χ2v) is 7.34. The van der Waals surface area contributed by atoms with E-state index in [1.54, 1.807) is 23.4 Å². The van der Waals surface area contributed by atoms with E-state index in [4.69, 9.17) is 4.42 Å². The molecular weight excluding hydrogens is 345 g/mol. The highest BCUT2D eigenvalue weighted by molar-refractivity contribution is 6.03. The number of hydrogen-bond acceptors (Lipinski definition) is 4. The highest BCUT2D eigenvalue weighted by Crippen LogP contribution is 2.33. The van der Waals surface area contributed by atoms with Crippen molar-refractivity contribution < 1.29 is 13.6 Å². The molecule has 1 aromatic carbocycles. The first-order valence-electron chi connectivity index (χ1n) is 9.55. The van der Waals surface area contributed by atoms with Crippen molar-refractivity contribution in [2.45, 2.75) is 44.7 Å². The van der Waals surface area contributed by atoms with E-state index in [2.05, 4.69) is 16.9 Å². The Morgan fingerprint density at radius 1 is 1.26 bits per heavy atom. The fourth-order valence-corrected chi connectivity index (χ4v) is 3.90. The van der Waals surface area contributed by atoms with Crippen LogP contribution in [0, 0.1) is 5.82 Å². The Balaban J connectivity index is 1.57. The second-order valence-electron chi connectivity index (χ2n) is 7.34. The van der Waals surface area contributed by atoms with E-state index in [1.165, 1.54) is 18.6 Å². The monoisotopic (exact) mass is 369 g/mol. The fourth-order valence-electron chi connectivity index (χ4n) is 3.90. The number of nitrogens with zero attached hydrogens (tertiary/aromatic N) is 3. The molecule has 3 heterocycles. The number of furan rings is 1. The largest absolute Gasteiger partial charge is 0.467 e. The van der Waals surface area contributed by atoms with Crippen molar-refractivity contribution in [2.24, 2.45) is 5.10 Å². The van der Waals surface area contributed by atoms with Gasteiger partial charge in [0, 0.05) is 12.5 Å². The van der Waals surface area contributed by atoms with Crippen LogP contribution in [0.3, 0.4) is 0 Å². The van der Waals surface area contributed by atoms with Crippen LogP contribution in [0.25, 0.3) is 0 Å². The molecule has 5 nitrogen and oxygen atoms in total. The summed E-state index contributed by atoms with van der Waals surface area (Å²) in [5.41, 5.74) is 1.60. The summed E-state index contributed by atoms with van der Waals surface area (Å²) >= 11 is 0. The topological polar surface area (TPSA) is 49.1 Å². The van der Waals surface area contributed by atoms with E-state index >= 15 is 0 Å². The number of carbonyl (C=O) groups is 1. The summed E-state index contributed by atoms with van der Waals surface area (Å²) < 4.78 is 18.8. The van der Waals surface area contributed by atoms with Crippen molar-refractivity contribution in [1.29, 1.82) is 0 Å². The molecule has 27 heavy (non-hydrogen) atoms. The number of hydrazone groups is 1. The maximum absolute atomic E-state index is 13.3. The summed E-state index contributed by atoms with van der Waals surface area (Å²) in [4.78, 5) is 15.3. The Labute approximate surface area is 158 Å². The number of likely N-dealkylation sites (tertiary alicyclic amines) is 1. The highest BCUT2D eigenvalue weighted by Gasteiger charge is 2.36. The summed E-state index contributed by atoms with van der Waals surface area (Å²) in [6.07, 6.45) is 5.64. The molecule has 2 aliphatic heterocycles. The molecule has 0 spiro atoms. The smallest absolute Gasteiger partial charge is 0.257 e. The molecule has 0 N–H and O–H groups in total. The van der Waals surface area contributed by atoms with Crippen LogP contribution in [0.15, 0.2) is 52.2 Å². The molecule has 0 aliphatic carbocycles. The minimum absolute atomic E-state index is 0.0257. The molecule has 2 unspecified atom stereocenters. The van der Waals surface area contributed by atoms with Crippen LogP contribution in [0.2, 0.25) is 0 Å². The molecule has 142 valence electrons. The quantitative estimate of drug-likeness (QED) is 0.819. The molecule has 1 saturated heterocycles. The Bertz CT molecular complexity index is 816. The first kappa shape index (κ1) is 17.9. The summed E-state index contributed by atoms with van der Waals surface area (Å²) in [5.74, 6) is 0.408. The summed E-state index contributed by atoms with van der Waals surface area (Å²) in [6.45, 7) is 3.48. The summed E-state index contributed by atoms with van der Waals surface area (Å²) in [7, 11) is 0. The number of piperidine rings is 1. The van der Waals surface area contributed by atoms with E-state index in [9.17, 15) is 9.18 Å². The number of hydrogen-bond donors (Lipinski definition) is 0. The molecule has 2 aromatic rings. The van der Waals surface area contributed by atoms with E-state index < -0.39 is 0 Å². The van der Waals surface area contributed by atoms with Crippen molar-refractivity contribution in [3.8, 4) is 0 Å². The predicted molar refractivity (Wildman–Crippen MR) is 101 cm³/mol. The molecule has 4 rings (SSSR count). The SMILES string of the molecule is CC1CCCCN1CC(=O)N1N=C(c2ccc(F)cc2)CC1c1ccco1. The van der Waals surface area contributed by atoms with Gasteiger partial charge in [0.2, 0.25) is 0 Å². The van der Waals surface area contributed by atoms with Gasteiger partial charge in [-0.15, -0.1) is 0 Å². The van der Waals surface area contributed by atoms with E-state index in [-0.39, 0.29) is 17.8 Å². The third kappa shape index (κ3) is 3.81. The van der Waals surface area contributed by atoms with Gasteiger partial charge in [-0.3, -0.25) is 9.69 Å². The Morgan fingerprint density at radius 3 is 2.78 bits per heavy atom. The first-order chi connectivity index (χ1) is 13.1. The Kier molecular flexibility index (Phi) is 5.07. The molecule has 0 saturated carbocycles. The molecule has 1 amide bonds. The summed E-state index contributed by atoms with van der Waals surface area (Å²) in [5, 5.41) is 6.16. The van der Waals surface area contributed by atoms with Crippen LogP contribution in [-0.2, 0) is 4.79 Å².